The molecule has 0 bridgehead atoms. The third-order valence-electron chi connectivity index (χ3n) is 3.24. The molecule has 0 atom stereocenters. The van der Waals surface area contributed by atoms with Crippen LogP contribution in [0.1, 0.15) is 25.7 Å². The van der Waals surface area contributed by atoms with E-state index >= 15 is 0 Å². The lowest BCUT2D eigenvalue weighted by Gasteiger charge is -2.12. The lowest BCUT2D eigenvalue weighted by Crippen LogP contribution is -2.36. The predicted octanol–water partition coefficient (Wildman–Crippen LogP) is 0.772. The van der Waals surface area contributed by atoms with Crippen LogP contribution in [0.15, 0.2) is 29.2 Å². The minimum Gasteiger partial charge on any atom is -0.484 e. The topological polar surface area (TPSA) is 98.5 Å². The highest BCUT2D eigenvalue weighted by atomic mass is 32.2. The molecule has 1 fully saturated rings. The van der Waals surface area contributed by atoms with E-state index in [1.54, 1.807) is 0 Å². The normalized spacial score (nSPS) is 16.1. The number of hydrogen-bond acceptors (Lipinski definition) is 4. The second kappa shape index (κ2) is 6.23. The number of primary sulfonamides is 1. The van der Waals surface area contributed by atoms with E-state index in [9.17, 15) is 13.2 Å². The number of ether oxygens (including phenoxy) is 1. The summed E-state index contributed by atoms with van der Waals surface area (Å²) in [6.45, 7) is -0.0782. The first-order valence-corrected chi connectivity index (χ1v) is 8.05. The zero-order valence-corrected chi connectivity index (χ0v) is 11.9. The summed E-state index contributed by atoms with van der Waals surface area (Å²) in [4.78, 5) is 11.7. The van der Waals surface area contributed by atoms with Gasteiger partial charge in [-0.15, -0.1) is 0 Å². The molecule has 1 saturated carbocycles. The molecule has 0 unspecified atom stereocenters. The quantitative estimate of drug-likeness (QED) is 0.839. The van der Waals surface area contributed by atoms with Crippen LogP contribution in [0.3, 0.4) is 0 Å². The van der Waals surface area contributed by atoms with E-state index in [4.69, 9.17) is 9.88 Å². The van der Waals surface area contributed by atoms with Crippen molar-refractivity contribution >= 4 is 15.9 Å². The maximum absolute atomic E-state index is 11.6. The van der Waals surface area contributed by atoms with Crippen molar-refractivity contribution in [3.8, 4) is 5.75 Å². The van der Waals surface area contributed by atoms with Gasteiger partial charge in [0, 0.05) is 6.04 Å². The van der Waals surface area contributed by atoms with Gasteiger partial charge in [-0.3, -0.25) is 4.79 Å². The largest absolute Gasteiger partial charge is 0.484 e. The van der Waals surface area contributed by atoms with E-state index in [-0.39, 0.29) is 23.5 Å². The highest BCUT2D eigenvalue weighted by Gasteiger charge is 2.17. The van der Waals surface area contributed by atoms with Gasteiger partial charge < -0.3 is 10.1 Å². The monoisotopic (exact) mass is 298 g/mol. The van der Waals surface area contributed by atoms with Crippen molar-refractivity contribution in [2.45, 2.75) is 36.6 Å². The van der Waals surface area contributed by atoms with Crippen LogP contribution >= 0.6 is 0 Å². The Labute approximate surface area is 118 Å². The van der Waals surface area contributed by atoms with Crippen LogP contribution in [0.4, 0.5) is 0 Å². The molecule has 3 N–H and O–H groups in total. The molecule has 6 nitrogen and oxygen atoms in total. The van der Waals surface area contributed by atoms with Crippen molar-refractivity contribution in [1.29, 1.82) is 0 Å². The lowest BCUT2D eigenvalue weighted by atomic mass is 10.2. The van der Waals surface area contributed by atoms with Crippen LogP contribution in [0.5, 0.6) is 5.75 Å². The summed E-state index contributed by atoms with van der Waals surface area (Å²) in [5, 5.41) is 7.89. The van der Waals surface area contributed by atoms with Crippen LogP contribution in [0.25, 0.3) is 0 Å². The molecular weight excluding hydrogens is 280 g/mol. The first-order chi connectivity index (χ1) is 9.45. The van der Waals surface area contributed by atoms with Crippen molar-refractivity contribution < 1.29 is 17.9 Å². The third-order valence-corrected chi connectivity index (χ3v) is 4.17. The SMILES string of the molecule is NS(=O)(=O)c1ccc(OCC(=O)NC2CCCC2)cc1. The van der Waals surface area contributed by atoms with Gasteiger partial charge in [0.2, 0.25) is 10.0 Å². The molecule has 0 radical (unpaired) electrons. The minimum atomic E-state index is -3.70. The van der Waals surface area contributed by atoms with Gasteiger partial charge in [0.05, 0.1) is 4.90 Å². The number of hydrogen-bond donors (Lipinski definition) is 2. The van der Waals surface area contributed by atoms with Gasteiger partial charge in [-0.05, 0) is 37.1 Å². The maximum Gasteiger partial charge on any atom is 0.258 e. The molecule has 0 heterocycles. The van der Waals surface area contributed by atoms with Crippen molar-refractivity contribution in [2.75, 3.05) is 6.61 Å². The molecular formula is C13H18N2O4S. The number of nitrogens with two attached hydrogens (primary N) is 1. The second-order valence-electron chi connectivity index (χ2n) is 4.85. The van der Waals surface area contributed by atoms with Gasteiger partial charge in [-0.2, -0.15) is 0 Å². The molecule has 0 aliphatic heterocycles. The Bertz CT molecular complexity index is 563. The van der Waals surface area contributed by atoms with Crippen LogP contribution in [-0.2, 0) is 14.8 Å². The van der Waals surface area contributed by atoms with E-state index in [1.807, 2.05) is 0 Å². The van der Waals surface area contributed by atoms with Crippen LogP contribution in [0.2, 0.25) is 0 Å². The second-order valence-corrected chi connectivity index (χ2v) is 6.42. The highest BCUT2D eigenvalue weighted by Crippen LogP contribution is 2.18. The zero-order chi connectivity index (χ0) is 14.6. The summed E-state index contributed by atoms with van der Waals surface area (Å²) in [6.07, 6.45) is 4.35. The first kappa shape index (κ1) is 14.8. The Morgan fingerprint density at radius 3 is 2.40 bits per heavy atom. The number of rotatable bonds is 5. The molecule has 0 saturated heterocycles. The number of carbonyl (C=O) groups is 1. The van der Waals surface area contributed by atoms with Gasteiger partial charge >= 0.3 is 0 Å². The molecule has 0 aromatic heterocycles. The number of amides is 1. The first-order valence-electron chi connectivity index (χ1n) is 6.50. The number of benzene rings is 1. The van der Waals surface area contributed by atoms with Gasteiger partial charge in [0.25, 0.3) is 5.91 Å². The predicted molar refractivity (Wildman–Crippen MR) is 73.7 cm³/mol. The Balaban J connectivity index is 1.83. The van der Waals surface area contributed by atoms with Gasteiger partial charge in [-0.25, -0.2) is 13.6 Å². The van der Waals surface area contributed by atoms with E-state index in [0.29, 0.717) is 5.75 Å². The molecule has 1 amide bonds. The molecule has 7 heteroatoms. The molecule has 1 aliphatic carbocycles. The Morgan fingerprint density at radius 2 is 1.85 bits per heavy atom. The fourth-order valence-corrected chi connectivity index (χ4v) is 2.73. The number of carbonyl (C=O) groups excluding carboxylic acids is 1. The van der Waals surface area contributed by atoms with E-state index in [2.05, 4.69) is 5.32 Å². The summed E-state index contributed by atoms with van der Waals surface area (Å²) in [5.74, 6) is 0.270. The average Bonchev–Trinajstić information content (AvgIpc) is 2.88. The number of sulfonamides is 1. The molecule has 1 aliphatic rings. The van der Waals surface area contributed by atoms with Crippen molar-refractivity contribution in [3.05, 3.63) is 24.3 Å². The van der Waals surface area contributed by atoms with Gasteiger partial charge in [0.1, 0.15) is 5.75 Å². The molecule has 1 aromatic carbocycles. The fraction of sp³-hybridized carbons (Fsp3) is 0.462. The van der Waals surface area contributed by atoms with Crippen molar-refractivity contribution in [3.63, 3.8) is 0 Å². The Kier molecular flexibility index (Phi) is 4.61. The number of nitrogens with one attached hydrogen (secondary N) is 1. The van der Waals surface area contributed by atoms with Crippen molar-refractivity contribution in [1.82, 2.24) is 5.32 Å². The summed E-state index contributed by atoms with van der Waals surface area (Å²) in [7, 11) is -3.70. The Morgan fingerprint density at radius 1 is 1.25 bits per heavy atom. The van der Waals surface area contributed by atoms with Crippen LogP contribution in [-0.4, -0.2) is 27.0 Å². The van der Waals surface area contributed by atoms with Crippen LogP contribution < -0.4 is 15.2 Å². The lowest BCUT2D eigenvalue weighted by molar-refractivity contribution is -0.123. The molecule has 2 rings (SSSR count). The fourth-order valence-electron chi connectivity index (χ4n) is 2.21. The standard InChI is InChI=1S/C13H18N2O4S/c14-20(17,18)12-7-5-11(6-8-12)19-9-13(16)15-10-3-1-2-4-10/h5-8,10H,1-4,9H2,(H,15,16)(H2,14,17,18). The molecule has 0 spiro atoms. The third kappa shape index (κ3) is 4.21. The minimum absolute atomic E-state index is 0.0141. The highest BCUT2D eigenvalue weighted by molar-refractivity contribution is 7.89. The van der Waals surface area contributed by atoms with Gasteiger partial charge in [-0.1, -0.05) is 12.8 Å². The van der Waals surface area contributed by atoms with E-state index in [1.165, 1.54) is 24.3 Å². The van der Waals surface area contributed by atoms with Crippen molar-refractivity contribution in [2.24, 2.45) is 5.14 Å². The summed E-state index contributed by atoms with van der Waals surface area (Å²) in [6, 6.07) is 5.90. The molecule has 20 heavy (non-hydrogen) atoms. The molecule has 1 aromatic rings. The summed E-state index contributed by atoms with van der Waals surface area (Å²) in [5.41, 5.74) is 0. The maximum atomic E-state index is 11.6. The van der Waals surface area contributed by atoms with E-state index < -0.39 is 10.0 Å². The zero-order valence-electron chi connectivity index (χ0n) is 11.0. The molecule has 110 valence electrons. The van der Waals surface area contributed by atoms with Crippen LogP contribution in [0, 0.1) is 0 Å². The summed E-state index contributed by atoms with van der Waals surface area (Å²) >= 11 is 0. The van der Waals surface area contributed by atoms with Gasteiger partial charge in [0.15, 0.2) is 6.61 Å². The summed E-state index contributed by atoms with van der Waals surface area (Å²) < 4.78 is 27.5. The smallest absolute Gasteiger partial charge is 0.258 e. The van der Waals surface area contributed by atoms with E-state index in [0.717, 1.165) is 25.7 Å². The average molecular weight is 298 g/mol. The Hall–Kier alpha value is -1.60.